The summed E-state index contributed by atoms with van der Waals surface area (Å²) in [7, 11) is 1.70. The molecule has 6 heteroatoms. The lowest BCUT2D eigenvalue weighted by molar-refractivity contribution is -0.131. The molecule has 0 aromatic heterocycles. The van der Waals surface area contributed by atoms with Gasteiger partial charge in [-0.1, -0.05) is 12.1 Å². The number of benzene rings is 2. The van der Waals surface area contributed by atoms with Gasteiger partial charge in [-0.25, -0.2) is 0 Å². The summed E-state index contributed by atoms with van der Waals surface area (Å²) in [5, 5.41) is 0. The number of amides is 1. The molecule has 0 aliphatic carbocycles. The van der Waals surface area contributed by atoms with E-state index in [4.69, 9.17) is 14.2 Å². The van der Waals surface area contributed by atoms with Gasteiger partial charge in [-0.05, 0) is 79.1 Å². The Balaban J connectivity index is 1.15. The van der Waals surface area contributed by atoms with E-state index in [9.17, 15) is 4.79 Å². The first-order valence-electron chi connectivity index (χ1n) is 11.7. The quantitative estimate of drug-likeness (QED) is 0.696. The number of fused-ring (bicyclic) bond motifs is 2. The second kappa shape index (κ2) is 9.41. The Bertz CT molecular complexity index is 959. The van der Waals surface area contributed by atoms with Crippen LogP contribution in [0.15, 0.2) is 36.4 Å². The van der Waals surface area contributed by atoms with Gasteiger partial charge in [0.05, 0.1) is 13.5 Å². The molecular weight excluding hydrogens is 404 g/mol. The maximum atomic E-state index is 13.0. The summed E-state index contributed by atoms with van der Waals surface area (Å²) in [6.45, 7) is 5.20. The van der Waals surface area contributed by atoms with Crippen molar-refractivity contribution in [1.29, 1.82) is 0 Å². The van der Waals surface area contributed by atoms with Crippen LogP contribution in [-0.2, 0) is 24.1 Å². The minimum absolute atomic E-state index is 0.234. The zero-order chi connectivity index (χ0) is 21.9. The van der Waals surface area contributed by atoms with Crippen LogP contribution in [0, 0.1) is 5.92 Å². The van der Waals surface area contributed by atoms with Gasteiger partial charge in [0.2, 0.25) is 12.7 Å². The monoisotopic (exact) mass is 436 g/mol. The Morgan fingerprint density at radius 1 is 1.06 bits per heavy atom. The van der Waals surface area contributed by atoms with Crippen LogP contribution in [0.5, 0.6) is 17.2 Å². The van der Waals surface area contributed by atoms with E-state index in [1.807, 2.05) is 18.2 Å². The molecule has 2 aromatic rings. The Kier molecular flexibility index (Phi) is 6.21. The third-order valence-corrected chi connectivity index (χ3v) is 7.00. The van der Waals surface area contributed by atoms with Gasteiger partial charge in [0.25, 0.3) is 0 Å². The molecule has 2 aromatic carbocycles. The van der Waals surface area contributed by atoms with Gasteiger partial charge in [0.1, 0.15) is 5.75 Å². The summed E-state index contributed by atoms with van der Waals surface area (Å²) in [4.78, 5) is 17.7. The van der Waals surface area contributed by atoms with E-state index < -0.39 is 0 Å². The van der Waals surface area contributed by atoms with E-state index in [-0.39, 0.29) is 12.7 Å². The smallest absolute Gasteiger partial charge is 0.231 e. The number of hydrogen-bond donors (Lipinski definition) is 0. The van der Waals surface area contributed by atoms with Gasteiger partial charge in [-0.2, -0.15) is 0 Å². The second-order valence-electron chi connectivity index (χ2n) is 9.15. The van der Waals surface area contributed by atoms with E-state index in [0.29, 0.717) is 12.3 Å². The van der Waals surface area contributed by atoms with Crippen LogP contribution in [0.4, 0.5) is 0 Å². The van der Waals surface area contributed by atoms with E-state index >= 15 is 0 Å². The summed E-state index contributed by atoms with van der Waals surface area (Å²) in [6, 6.07) is 12.4. The molecule has 170 valence electrons. The minimum atomic E-state index is 0.234. The van der Waals surface area contributed by atoms with E-state index in [1.165, 1.54) is 24.0 Å². The van der Waals surface area contributed by atoms with E-state index in [2.05, 4.69) is 28.0 Å². The van der Waals surface area contributed by atoms with Gasteiger partial charge in [-0.15, -0.1) is 0 Å². The second-order valence-corrected chi connectivity index (χ2v) is 9.15. The first kappa shape index (κ1) is 21.1. The summed E-state index contributed by atoms with van der Waals surface area (Å²) in [5.41, 5.74) is 3.65. The van der Waals surface area contributed by atoms with Crippen LogP contribution >= 0.6 is 0 Å². The molecule has 1 unspecified atom stereocenters. The van der Waals surface area contributed by atoms with Crippen LogP contribution in [-0.4, -0.2) is 62.3 Å². The first-order valence-corrected chi connectivity index (χ1v) is 11.7. The molecule has 1 saturated heterocycles. The number of rotatable bonds is 6. The van der Waals surface area contributed by atoms with Crippen molar-refractivity contribution in [2.24, 2.45) is 5.92 Å². The van der Waals surface area contributed by atoms with E-state index in [1.54, 1.807) is 7.11 Å². The molecule has 1 fully saturated rings. The third-order valence-electron chi connectivity index (χ3n) is 7.00. The van der Waals surface area contributed by atoms with Crippen LogP contribution < -0.4 is 14.2 Å². The molecule has 3 heterocycles. The molecule has 32 heavy (non-hydrogen) atoms. The average molecular weight is 437 g/mol. The topological polar surface area (TPSA) is 51.2 Å². The lowest BCUT2D eigenvalue weighted by Crippen LogP contribution is -2.44. The molecule has 1 atom stereocenters. The molecule has 0 N–H and O–H groups in total. The summed E-state index contributed by atoms with van der Waals surface area (Å²) in [5.74, 6) is 3.26. The lowest BCUT2D eigenvalue weighted by Gasteiger charge is -2.35. The molecule has 0 saturated carbocycles. The summed E-state index contributed by atoms with van der Waals surface area (Å²) < 4.78 is 16.3. The average Bonchev–Trinajstić information content (AvgIpc) is 3.22. The zero-order valence-corrected chi connectivity index (χ0v) is 18.8. The van der Waals surface area contributed by atoms with Crippen molar-refractivity contribution in [3.8, 4) is 17.2 Å². The first-order chi connectivity index (χ1) is 15.7. The van der Waals surface area contributed by atoms with Crippen LogP contribution in [0.2, 0.25) is 0 Å². The highest BCUT2D eigenvalue weighted by molar-refractivity contribution is 5.80. The fourth-order valence-electron chi connectivity index (χ4n) is 5.17. The fourth-order valence-corrected chi connectivity index (χ4v) is 5.17. The largest absolute Gasteiger partial charge is 0.497 e. The number of likely N-dealkylation sites (tertiary alicyclic amines) is 1. The number of methoxy groups -OCH3 is 1. The number of ether oxygens (including phenoxy) is 3. The van der Waals surface area contributed by atoms with Crippen LogP contribution in [0.3, 0.4) is 0 Å². The number of piperidine rings is 1. The van der Waals surface area contributed by atoms with Gasteiger partial charge in [0, 0.05) is 26.2 Å². The summed E-state index contributed by atoms with van der Waals surface area (Å²) in [6.07, 6.45) is 4.79. The maximum absolute atomic E-state index is 13.0. The van der Waals surface area contributed by atoms with Crippen LogP contribution in [0.25, 0.3) is 0 Å². The van der Waals surface area contributed by atoms with Gasteiger partial charge in [0.15, 0.2) is 11.5 Å². The van der Waals surface area contributed by atoms with Crippen molar-refractivity contribution in [2.75, 3.05) is 46.6 Å². The molecule has 3 aliphatic rings. The normalized spacial score (nSPS) is 20.7. The van der Waals surface area contributed by atoms with Crippen molar-refractivity contribution >= 4 is 5.91 Å². The fraction of sp³-hybridized carbons (Fsp3) is 0.500. The minimum Gasteiger partial charge on any atom is -0.497 e. The Morgan fingerprint density at radius 3 is 2.62 bits per heavy atom. The van der Waals surface area contributed by atoms with Gasteiger partial charge >= 0.3 is 0 Å². The molecule has 3 aliphatic heterocycles. The number of hydrogen-bond acceptors (Lipinski definition) is 5. The molecule has 0 radical (unpaired) electrons. The number of carbonyl (C=O) groups excluding carboxylic acids is 1. The number of nitrogens with zero attached hydrogens (tertiary/aromatic N) is 2. The van der Waals surface area contributed by atoms with Crippen molar-refractivity contribution in [2.45, 2.75) is 32.1 Å². The maximum Gasteiger partial charge on any atom is 0.231 e. The Labute approximate surface area is 190 Å². The molecule has 6 nitrogen and oxygen atoms in total. The predicted molar refractivity (Wildman–Crippen MR) is 122 cm³/mol. The zero-order valence-electron chi connectivity index (χ0n) is 18.8. The van der Waals surface area contributed by atoms with Crippen molar-refractivity contribution < 1.29 is 19.0 Å². The van der Waals surface area contributed by atoms with Gasteiger partial charge < -0.3 is 24.0 Å². The molecule has 5 rings (SSSR count). The number of carbonyl (C=O) groups is 1. The Hall–Kier alpha value is -2.73. The highest BCUT2D eigenvalue weighted by Gasteiger charge is 2.28. The highest BCUT2D eigenvalue weighted by Crippen LogP contribution is 2.36. The molecule has 0 spiro atoms. The van der Waals surface area contributed by atoms with Crippen molar-refractivity contribution in [1.82, 2.24) is 9.80 Å². The van der Waals surface area contributed by atoms with Crippen LogP contribution in [0.1, 0.15) is 29.5 Å². The highest BCUT2D eigenvalue weighted by atomic mass is 16.7. The predicted octanol–water partition coefficient (Wildman–Crippen LogP) is 3.31. The SMILES string of the molecule is COc1ccc(CCN2CCCC(CN3CCc4cc5c(cc4CC3=O)OCO5)C2)cc1. The summed E-state index contributed by atoms with van der Waals surface area (Å²) >= 11 is 0. The standard InChI is InChI=1S/C26H32N2O4/c1-30-23-6-4-19(5-7-23)8-11-27-10-2-3-20(16-27)17-28-12-9-21-13-24-25(32-18-31-24)14-22(21)15-26(28)29/h4-7,13-14,20H,2-3,8-12,15-18H2,1H3. The van der Waals surface area contributed by atoms with Gasteiger partial charge in [-0.3, -0.25) is 4.79 Å². The van der Waals surface area contributed by atoms with Crippen molar-refractivity contribution in [3.63, 3.8) is 0 Å². The third kappa shape index (κ3) is 4.70. The lowest BCUT2D eigenvalue weighted by atomic mass is 9.96. The molecular formula is C26H32N2O4. The molecule has 1 amide bonds. The van der Waals surface area contributed by atoms with Crippen molar-refractivity contribution in [3.05, 3.63) is 53.1 Å². The molecule has 0 bridgehead atoms. The Morgan fingerprint density at radius 2 is 1.84 bits per heavy atom. The van der Waals surface area contributed by atoms with E-state index in [0.717, 1.165) is 68.4 Å².